The van der Waals surface area contributed by atoms with E-state index in [0.29, 0.717) is 6.61 Å². The van der Waals surface area contributed by atoms with Gasteiger partial charge in [0.05, 0.1) is 5.69 Å². The van der Waals surface area contributed by atoms with Gasteiger partial charge >= 0.3 is 0 Å². The summed E-state index contributed by atoms with van der Waals surface area (Å²) in [6, 6.07) is 15.8. The first kappa shape index (κ1) is 12.7. The fraction of sp³-hybridized carbons (Fsp3) is 0.133. The van der Waals surface area contributed by atoms with Crippen molar-refractivity contribution < 1.29 is 4.74 Å². The molecule has 0 atom stereocenters. The number of nitrogens with zero attached hydrogens (tertiary/aromatic N) is 1. The van der Waals surface area contributed by atoms with Crippen molar-refractivity contribution in [2.75, 3.05) is 0 Å². The second kappa shape index (κ2) is 6.26. The fourth-order valence-electron chi connectivity index (χ4n) is 1.58. The van der Waals surface area contributed by atoms with Gasteiger partial charge in [0.1, 0.15) is 12.4 Å². The molecule has 0 bridgehead atoms. The fourth-order valence-corrected chi connectivity index (χ4v) is 1.84. The quantitative estimate of drug-likeness (QED) is 0.641. The molecule has 2 aromatic rings. The monoisotopic (exact) mass is 257 g/mol. The molecule has 92 valence electrons. The van der Waals surface area contributed by atoms with Crippen LogP contribution in [-0.2, 0) is 6.61 Å². The molecular weight excluding hydrogens is 242 g/mol. The lowest BCUT2D eigenvalue weighted by Crippen LogP contribution is -1.94. The minimum absolute atomic E-state index is 0.560. The normalized spacial score (nSPS) is 10.8. The largest absolute Gasteiger partial charge is 0.489 e. The van der Waals surface area contributed by atoms with Gasteiger partial charge < -0.3 is 4.74 Å². The summed E-state index contributed by atoms with van der Waals surface area (Å²) < 4.78 is 5.71. The number of hydrogen-bond donors (Lipinski definition) is 1. The highest BCUT2D eigenvalue weighted by Crippen LogP contribution is 2.27. The molecule has 0 fully saturated rings. The molecule has 0 radical (unpaired) electrons. The number of aliphatic imine (C=N–C) groups is 1. The van der Waals surface area contributed by atoms with Gasteiger partial charge in [-0.1, -0.05) is 30.3 Å². The van der Waals surface area contributed by atoms with E-state index < -0.39 is 0 Å². The van der Waals surface area contributed by atoms with Crippen LogP contribution in [0.2, 0.25) is 0 Å². The molecule has 0 spiro atoms. The van der Waals surface area contributed by atoms with Crippen LogP contribution in [0, 0.1) is 0 Å². The van der Waals surface area contributed by atoms with Crippen LogP contribution in [0.4, 0.5) is 5.69 Å². The third kappa shape index (κ3) is 3.37. The number of benzene rings is 2. The van der Waals surface area contributed by atoms with Crippen molar-refractivity contribution in [3.05, 3.63) is 54.1 Å². The Labute approximate surface area is 113 Å². The van der Waals surface area contributed by atoms with Crippen LogP contribution in [0.5, 0.6) is 5.75 Å². The Kier molecular flexibility index (Phi) is 4.42. The van der Waals surface area contributed by atoms with E-state index in [1.165, 1.54) is 0 Å². The molecule has 0 aliphatic heterocycles. The van der Waals surface area contributed by atoms with Gasteiger partial charge in [-0.25, -0.2) is 0 Å². The molecule has 0 amide bonds. The average Bonchev–Trinajstić information content (AvgIpc) is 2.41. The number of hydrogen-bond acceptors (Lipinski definition) is 3. The summed E-state index contributed by atoms with van der Waals surface area (Å²) in [7, 11) is 0. The van der Waals surface area contributed by atoms with Crippen molar-refractivity contribution in [3.8, 4) is 5.75 Å². The lowest BCUT2D eigenvalue weighted by atomic mass is 10.2. The van der Waals surface area contributed by atoms with Crippen LogP contribution >= 0.6 is 12.6 Å². The zero-order valence-corrected chi connectivity index (χ0v) is 11.1. The Hall–Kier alpha value is -1.74. The first-order valence-corrected chi connectivity index (χ1v) is 6.23. The molecule has 0 saturated heterocycles. The smallest absolute Gasteiger partial charge is 0.121 e. The summed E-state index contributed by atoms with van der Waals surface area (Å²) in [5, 5.41) is 0. The van der Waals surface area contributed by atoms with E-state index in [0.717, 1.165) is 21.9 Å². The van der Waals surface area contributed by atoms with Crippen molar-refractivity contribution >= 4 is 24.5 Å². The predicted octanol–water partition coefficient (Wildman–Crippen LogP) is 4.28. The van der Waals surface area contributed by atoms with E-state index >= 15 is 0 Å². The van der Waals surface area contributed by atoms with Crippen LogP contribution in [0.15, 0.2) is 58.4 Å². The predicted molar refractivity (Wildman–Crippen MR) is 78.3 cm³/mol. The molecule has 18 heavy (non-hydrogen) atoms. The molecule has 2 nitrogen and oxygen atoms in total. The first-order valence-electron chi connectivity index (χ1n) is 5.78. The van der Waals surface area contributed by atoms with Gasteiger partial charge in [0.15, 0.2) is 0 Å². The van der Waals surface area contributed by atoms with Crippen LogP contribution in [0.1, 0.15) is 12.5 Å². The van der Waals surface area contributed by atoms with Gasteiger partial charge in [-0.3, -0.25) is 4.99 Å². The first-order chi connectivity index (χ1) is 8.79. The van der Waals surface area contributed by atoms with Gasteiger partial charge in [-0.05, 0) is 30.7 Å². The molecule has 0 aliphatic carbocycles. The van der Waals surface area contributed by atoms with E-state index in [1.54, 1.807) is 6.21 Å². The van der Waals surface area contributed by atoms with E-state index in [1.807, 2.05) is 55.5 Å². The van der Waals surface area contributed by atoms with Gasteiger partial charge in [0.25, 0.3) is 0 Å². The lowest BCUT2D eigenvalue weighted by Gasteiger charge is -2.07. The second-order valence-corrected chi connectivity index (χ2v) is 4.29. The number of rotatable bonds is 4. The zero-order valence-electron chi connectivity index (χ0n) is 10.2. The molecular formula is C15H15NOS. The Morgan fingerprint density at radius 1 is 1.17 bits per heavy atom. The molecule has 2 aromatic carbocycles. The summed E-state index contributed by atoms with van der Waals surface area (Å²) in [4.78, 5) is 5.03. The molecule has 0 aliphatic rings. The van der Waals surface area contributed by atoms with Crippen LogP contribution in [0.25, 0.3) is 0 Å². The topological polar surface area (TPSA) is 21.6 Å². The van der Waals surface area contributed by atoms with Crippen LogP contribution < -0.4 is 4.74 Å². The Bertz CT molecular complexity index is 537. The summed E-state index contributed by atoms with van der Waals surface area (Å²) in [5.74, 6) is 0.805. The highest BCUT2D eigenvalue weighted by molar-refractivity contribution is 7.80. The Morgan fingerprint density at radius 2 is 1.94 bits per heavy atom. The maximum absolute atomic E-state index is 5.71. The molecule has 0 heterocycles. The molecule has 2 rings (SSSR count). The van der Waals surface area contributed by atoms with E-state index in [9.17, 15) is 0 Å². The summed E-state index contributed by atoms with van der Waals surface area (Å²) in [6.07, 6.45) is 1.75. The maximum Gasteiger partial charge on any atom is 0.121 e. The molecule has 3 heteroatoms. The average molecular weight is 257 g/mol. The van der Waals surface area contributed by atoms with Gasteiger partial charge in [0, 0.05) is 11.1 Å². The molecule has 0 N–H and O–H groups in total. The third-order valence-electron chi connectivity index (χ3n) is 2.46. The highest BCUT2D eigenvalue weighted by atomic mass is 32.1. The maximum atomic E-state index is 5.71. The summed E-state index contributed by atoms with van der Waals surface area (Å²) in [5.41, 5.74) is 2.00. The van der Waals surface area contributed by atoms with Crippen molar-refractivity contribution in [1.29, 1.82) is 0 Å². The van der Waals surface area contributed by atoms with Gasteiger partial charge in [-0.2, -0.15) is 0 Å². The van der Waals surface area contributed by atoms with Gasteiger partial charge in [-0.15, -0.1) is 12.6 Å². The van der Waals surface area contributed by atoms with Gasteiger partial charge in [0.2, 0.25) is 0 Å². The van der Waals surface area contributed by atoms with Crippen molar-refractivity contribution in [2.24, 2.45) is 4.99 Å². The minimum atomic E-state index is 0.560. The van der Waals surface area contributed by atoms with Crippen LogP contribution in [-0.4, -0.2) is 6.21 Å². The molecule has 0 unspecified atom stereocenters. The summed E-state index contributed by atoms with van der Waals surface area (Å²) >= 11 is 4.39. The SMILES string of the molecule is CC=Nc1ccc(OCc2ccccc2)cc1S. The Balaban J connectivity index is 2.04. The number of ether oxygens (including phenoxy) is 1. The van der Waals surface area contributed by atoms with E-state index in [4.69, 9.17) is 4.74 Å². The lowest BCUT2D eigenvalue weighted by molar-refractivity contribution is 0.305. The van der Waals surface area contributed by atoms with Crippen LogP contribution in [0.3, 0.4) is 0 Å². The zero-order chi connectivity index (χ0) is 12.8. The molecule has 0 saturated carbocycles. The summed E-state index contributed by atoms with van der Waals surface area (Å²) in [6.45, 7) is 2.44. The van der Waals surface area contributed by atoms with Crippen molar-refractivity contribution in [2.45, 2.75) is 18.4 Å². The molecule has 0 aromatic heterocycles. The number of thiol groups is 1. The van der Waals surface area contributed by atoms with Crippen molar-refractivity contribution in [1.82, 2.24) is 0 Å². The van der Waals surface area contributed by atoms with E-state index in [-0.39, 0.29) is 0 Å². The standard InChI is InChI=1S/C15H15NOS/c1-2-16-14-9-8-13(10-15(14)18)17-11-12-6-4-3-5-7-12/h2-10,18H,11H2,1H3. The van der Waals surface area contributed by atoms with Crippen molar-refractivity contribution in [3.63, 3.8) is 0 Å². The van der Waals surface area contributed by atoms with E-state index in [2.05, 4.69) is 17.6 Å². The second-order valence-electron chi connectivity index (χ2n) is 3.81. The minimum Gasteiger partial charge on any atom is -0.489 e. The third-order valence-corrected chi connectivity index (χ3v) is 2.82. The Morgan fingerprint density at radius 3 is 2.61 bits per heavy atom. The highest BCUT2D eigenvalue weighted by Gasteiger charge is 2.00.